The van der Waals surface area contributed by atoms with Gasteiger partial charge in [0.1, 0.15) is 11.2 Å². The number of rotatable bonds is 6. The molecule has 36 heavy (non-hydrogen) atoms. The number of H-pyrrole nitrogens is 1. The van der Waals surface area contributed by atoms with Crippen LogP contribution in [0, 0.1) is 11.8 Å². The van der Waals surface area contributed by atoms with Crippen molar-refractivity contribution < 1.29 is 14.7 Å². The minimum atomic E-state index is -1.10. The van der Waals surface area contributed by atoms with Gasteiger partial charge < -0.3 is 10.1 Å². The fourth-order valence-corrected chi connectivity index (χ4v) is 5.04. The molecule has 1 fully saturated rings. The Morgan fingerprint density at radius 2 is 1.83 bits per heavy atom. The van der Waals surface area contributed by atoms with Gasteiger partial charge in [0, 0.05) is 35.4 Å². The number of fused-ring (bicyclic) bond motifs is 1. The Morgan fingerprint density at radius 1 is 1.11 bits per heavy atom. The zero-order valence-corrected chi connectivity index (χ0v) is 20.8. The van der Waals surface area contributed by atoms with Gasteiger partial charge in [-0.05, 0) is 81.3 Å². The molecule has 4 aromatic rings. The fourth-order valence-electron chi connectivity index (χ4n) is 5.04. The Bertz CT molecular complexity index is 1360. The molecular formula is C28H31N5O3. The van der Waals surface area contributed by atoms with E-state index in [0.717, 1.165) is 48.0 Å². The number of hydrogen-bond donors (Lipinski definition) is 2. The lowest BCUT2D eigenvalue weighted by atomic mass is 9.82. The first-order valence-electron chi connectivity index (χ1n) is 12.5. The van der Waals surface area contributed by atoms with E-state index >= 15 is 0 Å². The van der Waals surface area contributed by atoms with Crippen LogP contribution in [0.1, 0.15) is 56.8 Å². The van der Waals surface area contributed by atoms with Crippen LogP contribution in [0.25, 0.3) is 28.0 Å². The number of benzene rings is 1. The van der Waals surface area contributed by atoms with Crippen molar-refractivity contribution in [3.05, 3.63) is 60.4 Å². The number of aromatic amines is 1. The van der Waals surface area contributed by atoms with Crippen LogP contribution in [0.15, 0.2) is 54.9 Å². The molecule has 1 saturated carbocycles. The summed E-state index contributed by atoms with van der Waals surface area (Å²) in [7, 11) is 0. The molecule has 186 valence electrons. The van der Waals surface area contributed by atoms with E-state index in [2.05, 4.69) is 22.0 Å². The number of nitrogens with zero attached hydrogens (tertiary/aromatic N) is 4. The molecule has 0 bridgehead atoms. The number of nitrogens with one attached hydrogen (secondary N) is 1. The number of carboxylic acids is 1. The average Bonchev–Trinajstić information content (AvgIpc) is 3.49. The number of aromatic nitrogens is 4. The van der Waals surface area contributed by atoms with Crippen molar-refractivity contribution in [3.8, 4) is 16.9 Å². The van der Waals surface area contributed by atoms with Gasteiger partial charge in [-0.15, -0.1) is 5.10 Å². The maximum Gasteiger partial charge on any atom is 0.341 e. The van der Waals surface area contributed by atoms with Gasteiger partial charge in [0.15, 0.2) is 5.82 Å². The first kappa shape index (κ1) is 23.8. The second-order valence-corrected chi connectivity index (χ2v) is 10.0. The summed E-state index contributed by atoms with van der Waals surface area (Å²) < 4.78 is 1.54. The summed E-state index contributed by atoms with van der Waals surface area (Å²) in [4.78, 5) is 34.9. The summed E-state index contributed by atoms with van der Waals surface area (Å²) in [5.41, 5.74) is 3.48. The van der Waals surface area contributed by atoms with E-state index in [1.165, 1.54) is 6.20 Å². The first-order chi connectivity index (χ1) is 17.3. The van der Waals surface area contributed by atoms with Crippen molar-refractivity contribution in [2.45, 2.75) is 52.5 Å². The molecule has 3 aromatic heterocycles. The highest BCUT2D eigenvalue weighted by Gasteiger charge is 2.34. The predicted molar refractivity (Wildman–Crippen MR) is 139 cm³/mol. The molecule has 0 spiro atoms. The number of hydrogen-bond acceptors (Lipinski definition) is 4. The number of carboxylic acid groups (broad SMARTS) is 1. The summed E-state index contributed by atoms with van der Waals surface area (Å²) in [5, 5.41) is 15.6. The summed E-state index contributed by atoms with van der Waals surface area (Å²) in [6.45, 7) is 6.02. The molecule has 1 aliphatic rings. The van der Waals surface area contributed by atoms with E-state index in [9.17, 15) is 14.7 Å². The third-order valence-electron chi connectivity index (χ3n) is 7.11. The number of pyridine rings is 1. The Kier molecular flexibility index (Phi) is 6.35. The van der Waals surface area contributed by atoms with Gasteiger partial charge in [0.05, 0.1) is 5.69 Å². The molecule has 8 nitrogen and oxygen atoms in total. The van der Waals surface area contributed by atoms with Crippen molar-refractivity contribution in [1.29, 1.82) is 0 Å². The van der Waals surface area contributed by atoms with Gasteiger partial charge in [-0.2, -0.15) is 0 Å². The van der Waals surface area contributed by atoms with Crippen molar-refractivity contribution in [3.63, 3.8) is 0 Å². The quantitative estimate of drug-likeness (QED) is 0.366. The van der Waals surface area contributed by atoms with Crippen LogP contribution in [-0.2, 0) is 4.79 Å². The van der Waals surface area contributed by atoms with Crippen LogP contribution < -0.4 is 4.90 Å². The van der Waals surface area contributed by atoms with Crippen molar-refractivity contribution in [1.82, 2.24) is 19.7 Å². The monoisotopic (exact) mass is 485 g/mol. The summed E-state index contributed by atoms with van der Waals surface area (Å²) in [6, 6.07) is 13.4. The molecule has 1 aliphatic carbocycles. The smallest absolute Gasteiger partial charge is 0.341 e. The van der Waals surface area contributed by atoms with Crippen molar-refractivity contribution >= 4 is 28.7 Å². The van der Waals surface area contributed by atoms with Crippen molar-refractivity contribution in [2.24, 2.45) is 11.8 Å². The van der Waals surface area contributed by atoms with Gasteiger partial charge >= 0.3 is 5.97 Å². The summed E-state index contributed by atoms with van der Waals surface area (Å²) in [6.07, 6.45) is 6.93. The average molecular weight is 486 g/mol. The molecule has 0 radical (unpaired) electrons. The highest BCUT2D eigenvalue weighted by molar-refractivity contribution is 6.01. The zero-order chi connectivity index (χ0) is 25.4. The third kappa shape index (κ3) is 4.51. The first-order valence-corrected chi connectivity index (χ1v) is 12.5. The molecule has 0 unspecified atom stereocenters. The highest BCUT2D eigenvalue weighted by Crippen LogP contribution is 2.33. The second kappa shape index (κ2) is 9.60. The third-order valence-corrected chi connectivity index (χ3v) is 7.11. The molecule has 8 heteroatoms. The number of anilines is 1. The van der Waals surface area contributed by atoms with E-state index in [1.807, 2.05) is 56.3 Å². The molecular weight excluding hydrogens is 454 g/mol. The van der Waals surface area contributed by atoms with E-state index < -0.39 is 5.97 Å². The fraction of sp³-hybridized carbons (Fsp3) is 0.357. The Hall–Kier alpha value is -3.94. The minimum Gasteiger partial charge on any atom is -0.477 e. The molecule has 0 aliphatic heterocycles. The maximum atomic E-state index is 13.5. The highest BCUT2D eigenvalue weighted by atomic mass is 16.4. The van der Waals surface area contributed by atoms with E-state index in [1.54, 1.807) is 15.8 Å². The lowest BCUT2D eigenvalue weighted by Gasteiger charge is -2.32. The lowest BCUT2D eigenvalue weighted by molar-refractivity contribution is -0.124. The standard InChI is InChI=1S/C28H31N5O3/c1-17(2)33(27(34)20-8-6-18(3)7-9-20)26-23(28(35)36)16-32(31-26)22-12-10-19(11-13-22)24-15-21-5-4-14-29-25(21)30-24/h4-5,10-18,20H,6-9H2,1-3H3,(H,29,30)(H,35,36). The molecule has 5 rings (SSSR count). The summed E-state index contributed by atoms with van der Waals surface area (Å²) >= 11 is 0. The zero-order valence-electron chi connectivity index (χ0n) is 20.8. The van der Waals surface area contributed by atoms with E-state index in [-0.39, 0.29) is 29.2 Å². The summed E-state index contributed by atoms with van der Waals surface area (Å²) in [5.74, 6) is -0.409. The Labute approximate surface area is 210 Å². The van der Waals surface area contributed by atoms with E-state index in [4.69, 9.17) is 0 Å². The number of amides is 1. The molecule has 0 atom stereocenters. The molecule has 3 heterocycles. The van der Waals surface area contributed by atoms with Crippen LogP contribution in [-0.4, -0.2) is 42.8 Å². The van der Waals surface area contributed by atoms with E-state index in [0.29, 0.717) is 11.6 Å². The number of aromatic carboxylic acids is 1. The number of carbonyl (C=O) groups excluding carboxylic acids is 1. The lowest BCUT2D eigenvalue weighted by Crippen LogP contribution is -2.43. The maximum absolute atomic E-state index is 13.5. The second-order valence-electron chi connectivity index (χ2n) is 10.0. The van der Waals surface area contributed by atoms with Gasteiger partial charge in [-0.25, -0.2) is 14.5 Å². The Balaban J connectivity index is 1.46. The van der Waals surface area contributed by atoms with Gasteiger partial charge in [0.2, 0.25) is 5.91 Å². The van der Waals surface area contributed by atoms with Crippen LogP contribution in [0.5, 0.6) is 0 Å². The van der Waals surface area contributed by atoms with Crippen LogP contribution in [0.2, 0.25) is 0 Å². The van der Waals surface area contributed by atoms with Gasteiger partial charge in [-0.3, -0.25) is 9.69 Å². The van der Waals surface area contributed by atoms with Gasteiger partial charge in [-0.1, -0.05) is 19.1 Å². The Morgan fingerprint density at radius 3 is 2.47 bits per heavy atom. The molecule has 1 amide bonds. The van der Waals surface area contributed by atoms with Gasteiger partial charge in [0.25, 0.3) is 0 Å². The predicted octanol–water partition coefficient (Wildman–Crippen LogP) is 5.68. The number of carbonyl (C=O) groups is 2. The normalized spacial score (nSPS) is 18.0. The van der Waals surface area contributed by atoms with Crippen LogP contribution in [0.3, 0.4) is 0 Å². The largest absolute Gasteiger partial charge is 0.477 e. The topological polar surface area (TPSA) is 104 Å². The SMILES string of the molecule is CC1CCC(C(=O)N(c2nn(-c3ccc(-c4cc5cccnc5[nH]4)cc3)cc2C(=O)O)C(C)C)CC1. The van der Waals surface area contributed by atoms with Crippen LogP contribution >= 0.6 is 0 Å². The molecule has 0 saturated heterocycles. The van der Waals surface area contributed by atoms with Crippen LogP contribution in [0.4, 0.5) is 5.82 Å². The van der Waals surface area contributed by atoms with Crippen molar-refractivity contribution in [2.75, 3.05) is 4.90 Å². The molecule has 1 aromatic carbocycles. The minimum absolute atomic E-state index is 0.0204. The molecule has 2 N–H and O–H groups in total.